The fourth-order valence-corrected chi connectivity index (χ4v) is 3.49. The van der Waals surface area contributed by atoms with Crippen LogP contribution in [0.5, 0.6) is 0 Å². The van der Waals surface area contributed by atoms with Crippen LogP contribution in [0.1, 0.15) is 19.3 Å². The maximum absolute atomic E-state index is 11.5. The summed E-state index contributed by atoms with van der Waals surface area (Å²) in [5.41, 5.74) is 0. The van der Waals surface area contributed by atoms with Crippen LogP contribution >= 0.6 is 11.6 Å². The highest BCUT2D eigenvalue weighted by Crippen LogP contribution is 2.29. The number of hydrogen-bond acceptors (Lipinski definition) is 5. The smallest absolute Gasteiger partial charge is 0.255 e. The van der Waals surface area contributed by atoms with Gasteiger partial charge in [0.1, 0.15) is 17.3 Å². The Bertz CT molecular complexity index is 701. The molecule has 2 aromatic rings. The van der Waals surface area contributed by atoms with E-state index in [0.29, 0.717) is 29.3 Å². The van der Waals surface area contributed by atoms with Gasteiger partial charge >= 0.3 is 0 Å². The van der Waals surface area contributed by atoms with Crippen molar-refractivity contribution in [2.45, 2.75) is 25.3 Å². The third kappa shape index (κ3) is 2.21. The van der Waals surface area contributed by atoms with E-state index >= 15 is 0 Å². The van der Waals surface area contributed by atoms with E-state index in [9.17, 15) is 4.79 Å². The summed E-state index contributed by atoms with van der Waals surface area (Å²) >= 11 is 6.08. The molecule has 2 atom stereocenters. The molecule has 0 aliphatic carbocycles. The Morgan fingerprint density at radius 2 is 2.29 bits per heavy atom. The van der Waals surface area contributed by atoms with E-state index in [-0.39, 0.29) is 5.91 Å². The van der Waals surface area contributed by atoms with Gasteiger partial charge in [0.25, 0.3) is 5.78 Å². The first kappa shape index (κ1) is 12.8. The van der Waals surface area contributed by atoms with Crippen LogP contribution in [0.2, 0.25) is 5.15 Å². The van der Waals surface area contributed by atoms with Crippen LogP contribution in [0.25, 0.3) is 5.78 Å². The van der Waals surface area contributed by atoms with Gasteiger partial charge in [-0.2, -0.15) is 19.6 Å². The topological polar surface area (TPSA) is 75.4 Å². The summed E-state index contributed by atoms with van der Waals surface area (Å²) in [7, 11) is 0. The van der Waals surface area contributed by atoms with Crippen molar-refractivity contribution in [2.24, 2.45) is 5.92 Å². The number of amides is 1. The second-order valence-electron chi connectivity index (χ2n) is 5.62. The van der Waals surface area contributed by atoms with Gasteiger partial charge in [-0.3, -0.25) is 4.79 Å². The van der Waals surface area contributed by atoms with E-state index in [1.165, 1.54) is 6.33 Å². The third-order valence-electron chi connectivity index (χ3n) is 4.35. The average molecular weight is 307 g/mol. The van der Waals surface area contributed by atoms with Gasteiger partial charge in [0.05, 0.1) is 0 Å². The van der Waals surface area contributed by atoms with Crippen molar-refractivity contribution < 1.29 is 4.79 Å². The summed E-state index contributed by atoms with van der Waals surface area (Å²) in [5.74, 6) is 2.08. The molecule has 2 aliphatic heterocycles. The number of carbonyl (C=O) groups excluding carboxylic acids is 1. The normalized spacial score (nSPS) is 25.8. The van der Waals surface area contributed by atoms with Gasteiger partial charge in [-0.25, -0.2) is 0 Å². The largest absolute Gasteiger partial charge is 0.356 e. The molecule has 8 heteroatoms. The monoisotopic (exact) mass is 306 g/mol. The zero-order chi connectivity index (χ0) is 14.4. The van der Waals surface area contributed by atoms with Crippen LogP contribution in [0.4, 0.5) is 5.82 Å². The van der Waals surface area contributed by atoms with E-state index in [1.807, 2.05) is 6.07 Å². The Balaban J connectivity index is 1.64. The number of piperidine rings is 2. The van der Waals surface area contributed by atoms with E-state index in [4.69, 9.17) is 11.6 Å². The standard InChI is InChI=1S/C13H15ClN6O/c14-10-5-12(20-13(18-10)15-7-16-20)19-4-3-9-8(6-19)1-2-11(21)17-9/h5,7-9H,1-4,6H2,(H,17,21). The zero-order valence-corrected chi connectivity index (χ0v) is 12.1. The summed E-state index contributed by atoms with van der Waals surface area (Å²) < 4.78 is 1.72. The molecular weight excluding hydrogens is 292 g/mol. The molecule has 1 amide bonds. The lowest BCUT2D eigenvalue weighted by Gasteiger charge is -2.42. The molecule has 2 saturated heterocycles. The SMILES string of the molecule is O=C1CCC2CN(c3cc(Cl)nc4ncnn34)CCC2N1. The van der Waals surface area contributed by atoms with Gasteiger partial charge < -0.3 is 10.2 Å². The average Bonchev–Trinajstić information content (AvgIpc) is 2.94. The van der Waals surface area contributed by atoms with Gasteiger partial charge in [-0.15, -0.1) is 0 Å². The molecule has 0 aromatic carbocycles. The van der Waals surface area contributed by atoms with Gasteiger partial charge in [0.15, 0.2) is 0 Å². The zero-order valence-electron chi connectivity index (χ0n) is 11.4. The molecule has 0 spiro atoms. The number of fused-ring (bicyclic) bond motifs is 2. The molecule has 0 bridgehead atoms. The first-order valence-corrected chi connectivity index (χ1v) is 7.49. The van der Waals surface area contributed by atoms with E-state index in [2.05, 4.69) is 25.3 Å². The minimum absolute atomic E-state index is 0.176. The molecule has 0 radical (unpaired) electrons. The van der Waals surface area contributed by atoms with Crippen LogP contribution in [-0.4, -0.2) is 44.6 Å². The van der Waals surface area contributed by atoms with Gasteiger partial charge in [0.2, 0.25) is 5.91 Å². The van der Waals surface area contributed by atoms with Crippen LogP contribution in [0, 0.1) is 5.92 Å². The molecule has 1 N–H and O–H groups in total. The number of anilines is 1. The molecule has 0 saturated carbocycles. The van der Waals surface area contributed by atoms with Crippen molar-refractivity contribution in [3.63, 3.8) is 0 Å². The number of aromatic nitrogens is 4. The molecule has 2 fully saturated rings. The van der Waals surface area contributed by atoms with E-state index in [0.717, 1.165) is 31.7 Å². The molecule has 2 aliphatic rings. The van der Waals surface area contributed by atoms with Gasteiger partial charge in [-0.1, -0.05) is 11.6 Å². The Labute approximate surface area is 126 Å². The van der Waals surface area contributed by atoms with E-state index < -0.39 is 0 Å². The molecule has 110 valence electrons. The van der Waals surface area contributed by atoms with Gasteiger partial charge in [0, 0.05) is 31.6 Å². The van der Waals surface area contributed by atoms with Gasteiger partial charge in [-0.05, 0) is 18.8 Å². The minimum atomic E-state index is 0.176. The van der Waals surface area contributed by atoms with Crippen molar-refractivity contribution >= 4 is 29.1 Å². The molecule has 4 rings (SSSR count). The maximum atomic E-state index is 11.5. The molecule has 4 heterocycles. The quantitative estimate of drug-likeness (QED) is 0.792. The Hall–Kier alpha value is -1.89. The highest BCUT2D eigenvalue weighted by atomic mass is 35.5. The minimum Gasteiger partial charge on any atom is -0.356 e. The summed E-state index contributed by atoms with van der Waals surface area (Å²) in [6, 6.07) is 2.12. The Kier molecular flexibility index (Phi) is 2.95. The van der Waals surface area contributed by atoms with Crippen molar-refractivity contribution in [2.75, 3.05) is 18.0 Å². The van der Waals surface area contributed by atoms with Crippen LogP contribution < -0.4 is 10.2 Å². The number of halogens is 1. The summed E-state index contributed by atoms with van der Waals surface area (Å²) in [6.45, 7) is 1.75. The summed E-state index contributed by atoms with van der Waals surface area (Å²) in [5, 5.41) is 7.74. The molecule has 7 nitrogen and oxygen atoms in total. The second-order valence-corrected chi connectivity index (χ2v) is 6.00. The first-order valence-electron chi connectivity index (χ1n) is 7.11. The molecule has 2 aromatic heterocycles. The fraction of sp³-hybridized carbons (Fsp3) is 0.538. The molecular formula is C13H15ClN6O. The summed E-state index contributed by atoms with van der Waals surface area (Å²) in [6.07, 6.45) is 3.97. The highest BCUT2D eigenvalue weighted by Gasteiger charge is 2.34. The first-order chi connectivity index (χ1) is 10.2. The van der Waals surface area contributed by atoms with E-state index in [1.54, 1.807) is 4.52 Å². The van der Waals surface area contributed by atoms with Crippen LogP contribution in [0.3, 0.4) is 0 Å². The Morgan fingerprint density at radius 3 is 3.19 bits per heavy atom. The highest BCUT2D eigenvalue weighted by molar-refractivity contribution is 6.29. The molecule has 2 unspecified atom stereocenters. The summed E-state index contributed by atoms with van der Waals surface area (Å²) in [4.78, 5) is 22.0. The predicted molar refractivity (Wildman–Crippen MR) is 77.3 cm³/mol. The van der Waals surface area contributed by atoms with Crippen LogP contribution in [0.15, 0.2) is 12.4 Å². The fourth-order valence-electron chi connectivity index (χ4n) is 3.31. The van der Waals surface area contributed by atoms with Crippen molar-refractivity contribution in [1.82, 2.24) is 24.9 Å². The van der Waals surface area contributed by atoms with Crippen molar-refractivity contribution in [3.8, 4) is 0 Å². The lowest BCUT2D eigenvalue weighted by atomic mass is 9.85. The second kappa shape index (κ2) is 4.84. The number of carbonyl (C=O) groups is 1. The number of nitrogens with one attached hydrogen (secondary N) is 1. The third-order valence-corrected chi connectivity index (χ3v) is 4.54. The van der Waals surface area contributed by atoms with Crippen molar-refractivity contribution in [3.05, 3.63) is 17.5 Å². The van der Waals surface area contributed by atoms with Crippen molar-refractivity contribution in [1.29, 1.82) is 0 Å². The lowest BCUT2D eigenvalue weighted by Crippen LogP contribution is -2.54. The van der Waals surface area contributed by atoms with Crippen LogP contribution in [-0.2, 0) is 4.79 Å². The number of rotatable bonds is 1. The lowest BCUT2D eigenvalue weighted by molar-refractivity contribution is -0.124. The molecule has 21 heavy (non-hydrogen) atoms. The number of hydrogen-bond donors (Lipinski definition) is 1. The number of nitrogens with zero attached hydrogens (tertiary/aromatic N) is 5. The predicted octanol–water partition coefficient (Wildman–Crippen LogP) is 0.883. The maximum Gasteiger partial charge on any atom is 0.255 e. The Morgan fingerprint density at radius 1 is 1.38 bits per heavy atom.